The van der Waals surface area contributed by atoms with E-state index < -0.39 is 0 Å². The Morgan fingerprint density at radius 1 is 1.15 bits per heavy atom. The van der Waals surface area contributed by atoms with E-state index in [4.69, 9.17) is 4.98 Å². The van der Waals surface area contributed by atoms with Crippen molar-refractivity contribution in [3.8, 4) is 0 Å². The summed E-state index contributed by atoms with van der Waals surface area (Å²) in [6.07, 6.45) is 2.31. The first-order chi connectivity index (χ1) is 9.38. The summed E-state index contributed by atoms with van der Waals surface area (Å²) >= 11 is 0. The Hall–Kier alpha value is -1.09. The molecular weight excluding hydrogens is 246 g/mol. The largest absolute Gasteiger partial charge is 0.360 e. The third-order valence-corrected chi connectivity index (χ3v) is 3.35. The Morgan fingerprint density at radius 3 is 2.40 bits per heavy atom. The van der Waals surface area contributed by atoms with E-state index in [-0.39, 0.29) is 5.41 Å². The van der Waals surface area contributed by atoms with Crippen LogP contribution in [-0.4, -0.2) is 25.1 Å². The highest BCUT2D eigenvalue weighted by molar-refractivity contribution is 5.43. The van der Waals surface area contributed by atoms with Gasteiger partial charge in [-0.15, -0.1) is 0 Å². The van der Waals surface area contributed by atoms with Crippen molar-refractivity contribution in [2.75, 3.05) is 25.0 Å². The maximum absolute atomic E-state index is 4.85. The quantitative estimate of drug-likeness (QED) is 0.770. The van der Waals surface area contributed by atoms with Crippen LogP contribution in [-0.2, 0) is 12.0 Å². The second kappa shape index (κ2) is 7.63. The van der Waals surface area contributed by atoms with Gasteiger partial charge in [-0.2, -0.15) is 0 Å². The molecular formula is C17H31N3. The van der Waals surface area contributed by atoms with Crippen molar-refractivity contribution in [3.63, 3.8) is 0 Å². The molecule has 114 valence electrons. The molecule has 0 aliphatic carbocycles. The Kier molecular flexibility index (Phi) is 6.47. The summed E-state index contributed by atoms with van der Waals surface area (Å²) in [6, 6.07) is 4.46. The first-order valence-corrected chi connectivity index (χ1v) is 7.81. The van der Waals surface area contributed by atoms with E-state index in [0.717, 1.165) is 31.9 Å². The highest BCUT2D eigenvalue weighted by atomic mass is 15.2. The standard InChI is InChI=1S/C17H31N3/c1-7-9-18-13-14-11-15(17(3,4)5)19-16(12-14)20(6)10-8-2/h11-12,18H,7-10,13H2,1-6H3. The first kappa shape index (κ1) is 17.0. The highest BCUT2D eigenvalue weighted by Gasteiger charge is 2.18. The molecule has 20 heavy (non-hydrogen) atoms. The Bertz CT molecular complexity index is 407. The van der Waals surface area contributed by atoms with Gasteiger partial charge in [0.05, 0.1) is 0 Å². The van der Waals surface area contributed by atoms with Crippen LogP contribution in [0.5, 0.6) is 0 Å². The molecule has 0 saturated carbocycles. The maximum atomic E-state index is 4.85. The normalized spacial score (nSPS) is 11.7. The van der Waals surface area contributed by atoms with Crippen molar-refractivity contribution in [2.24, 2.45) is 0 Å². The number of anilines is 1. The van der Waals surface area contributed by atoms with Crippen LogP contribution < -0.4 is 10.2 Å². The van der Waals surface area contributed by atoms with Crippen LogP contribution in [0, 0.1) is 0 Å². The van der Waals surface area contributed by atoms with Crippen LogP contribution in [0.3, 0.4) is 0 Å². The minimum absolute atomic E-state index is 0.0859. The number of pyridine rings is 1. The van der Waals surface area contributed by atoms with Gasteiger partial charge in [0.15, 0.2) is 0 Å². The number of hydrogen-bond acceptors (Lipinski definition) is 3. The summed E-state index contributed by atoms with van der Waals surface area (Å²) in [5, 5.41) is 3.48. The summed E-state index contributed by atoms with van der Waals surface area (Å²) in [7, 11) is 2.13. The predicted octanol–water partition coefficient (Wildman–Crippen LogP) is 3.72. The lowest BCUT2D eigenvalue weighted by molar-refractivity contribution is 0.565. The fourth-order valence-electron chi connectivity index (χ4n) is 2.11. The van der Waals surface area contributed by atoms with Crippen LogP contribution in [0.2, 0.25) is 0 Å². The van der Waals surface area contributed by atoms with Gasteiger partial charge in [0.2, 0.25) is 0 Å². The molecule has 3 nitrogen and oxygen atoms in total. The van der Waals surface area contributed by atoms with Crippen LogP contribution in [0.25, 0.3) is 0 Å². The van der Waals surface area contributed by atoms with Gasteiger partial charge < -0.3 is 10.2 Å². The number of hydrogen-bond donors (Lipinski definition) is 1. The van der Waals surface area contributed by atoms with E-state index in [1.54, 1.807) is 0 Å². The zero-order valence-corrected chi connectivity index (χ0v) is 14.1. The minimum Gasteiger partial charge on any atom is -0.360 e. The molecule has 0 radical (unpaired) electrons. The van der Waals surface area contributed by atoms with Gasteiger partial charge in [-0.05, 0) is 37.1 Å². The molecule has 0 aliphatic heterocycles. The van der Waals surface area contributed by atoms with E-state index in [1.807, 2.05) is 0 Å². The molecule has 0 aliphatic rings. The van der Waals surface area contributed by atoms with E-state index in [2.05, 4.69) is 64.0 Å². The molecule has 0 unspecified atom stereocenters. The summed E-state index contributed by atoms with van der Waals surface area (Å²) in [5.41, 5.74) is 2.59. The van der Waals surface area contributed by atoms with Gasteiger partial charge in [0.1, 0.15) is 5.82 Å². The number of rotatable bonds is 7. The molecule has 0 amide bonds. The monoisotopic (exact) mass is 277 g/mol. The average molecular weight is 277 g/mol. The number of aromatic nitrogens is 1. The lowest BCUT2D eigenvalue weighted by Gasteiger charge is -2.24. The first-order valence-electron chi connectivity index (χ1n) is 7.81. The fraction of sp³-hybridized carbons (Fsp3) is 0.706. The SMILES string of the molecule is CCCNCc1cc(N(C)CCC)nc(C(C)(C)C)c1. The Morgan fingerprint density at radius 2 is 1.85 bits per heavy atom. The zero-order chi connectivity index (χ0) is 15.2. The van der Waals surface area contributed by atoms with Crippen molar-refractivity contribution in [3.05, 3.63) is 23.4 Å². The number of nitrogens with zero attached hydrogens (tertiary/aromatic N) is 2. The van der Waals surface area contributed by atoms with Crippen molar-refractivity contribution < 1.29 is 0 Å². The molecule has 1 aromatic heterocycles. The van der Waals surface area contributed by atoms with Crippen LogP contribution >= 0.6 is 0 Å². The van der Waals surface area contributed by atoms with Crippen molar-refractivity contribution >= 4 is 5.82 Å². The molecule has 0 saturated heterocycles. The fourth-order valence-corrected chi connectivity index (χ4v) is 2.11. The Balaban J connectivity index is 3.01. The lowest BCUT2D eigenvalue weighted by Crippen LogP contribution is -2.23. The van der Waals surface area contributed by atoms with Crippen molar-refractivity contribution in [1.82, 2.24) is 10.3 Å². The second-order valence-corrected chi connectivity index (χ2v) is 6.57. The molecule has 1 N–H and O–H groups in total. The van der Waals surface area contributed by atoms with Gasteiger partial charge in [0.25, 0.3) is 0 Å². The average Bonchev–Trinajstić information content (AvgIpc) is 2.38. The summed E-state index contributed by atoms with van der Waals surface area (Å²) in [5.74, 6) is 1.09. The molecule has 0 aromatic carbocycles. The highest BCUT2D eigenvalue weighted by Crippen LogP contribution is 2.24. The van der Waals surface area contributed by atoms with E-state index >= 15 is 0 Å². The third-order valence-electron chi connectivity index (χ3n) is 3.35. The zero-order valence-electron chi connectivity index (χ0n) is 14.1. The third kappa shape index (κ3) is 5.12. The lowest BCUT2D eigenvalue weighted by atomic mass is 9.90. The van der Waals surface area contributed by atoms with E-state index in [9.17, 15) is 0 Å². The smallest absolute Gasteiger partial charge is 0.128 e. The van der Waals surface area contributed by atoms with Gasteiger partial charge in [-0.25, -0.2) is 4.98 Å². The van der Waals surface area contributed by atoms with Crippen LogP contribution in [0.15, 0.2) is 12.1 Å². The number of nitrogens with one attached hydrogen (secondary N) is 1. The van der Waals surface area contributed by atoms with E-state index in [0.29, 0.717) is 0 Å². The van der Waals surface area contributed by atoms with Gasteiger partial charge >= 0.3 is 0 Å². The summed E-state index contributed by atoms with van der Waals surface area (Å²) < 4.78 is 0. The molecule has 0 atom stereocenters. The van der Waals surface area contributed by atoms with Gasteiger partial charge in [-0.1, -0.05) is 34.6 Å². The van der Waals surface area contributed by atoms with Crippen LogP contribution in [0.4, 0.5) is 5.82 Å². The van der Waals surface area contributed by atoms with Gasteiger partial charge in [0, 0.05) is 31.2 Å². The summed E-state index contributed by atoms with van der Waals surface area (Å²) in [4.78, 5) is 7.10. The Labute approximate surface area is 124 Å². The summed E-state index contributed by atoms with van der Waals surface area (Å²) in [6.45, 7) is 14.1. The molecule has 1 heterocycles. The van der Waals surface area contributed by atoms with Crippen molar-refractivity contribution in [2.45, 2.75) is 59.4 Å². The minimum atomic E-state index is 0.0859. The maximum Gasteiger partial charge on any atom is 0.128 e. The second-order valence-electron chi connectivity index (χ2n) is 6.57. The van der Waals surface area contributed by atoms with E-state index in [1.165, 1.54) is 17.7 Å². The van der Waals surface area contributed by atoms with Gasteiger partial charge in [-0.3, -0.25) is 0 Å². The molecule has 0 bridgehead atoms. The topological polar surface area (TPSA) is 28.2 Å². The molecule has 0 spiro atoms. The van der Waals surface area contributed by atoms with Crippen molar-refractivity contribution in [1.29, 1.82) is 0 Å². The molecule has 1 rings (SSSR count). The van der Waals surface area contributed by atoms with Crippen LogP contribution in [0.1, 0.15) is 58.7 Å². The molecule has 3 heteroatoms. The molecule has 0 fully saturated rings. The molecule has 1 aromatic rings. The predicted molar refractivity (Wildman–Crippen MR) is 88.5 cm³/mol.